The van der Waals surface area contributed by atoms with Gasteiger partial charge in [-0.2, -0.15) is 0 Å². The minimum absolute atomic E-state index is 0.381. The van der Waals surface area contributed by atoms with Crippen LogP contribution in [0.5, 0.6) is 0 Å². The first-order chi connectivity index (χ1) is 15.9. The topological polar surface area (TPSA) is 95.1 Å². The minimum Gasteiger partial charge on any atom is -0.382 e. The molecule has 32 heavy (non-hydrogen) atoms. The lowest BCUT2D eigenvalue weighted by atomic mass is 10.1. The van der Waals surface area contributed by atoms with Gasteiger partial charge in [0, 0.05) is 7.11 Å². The lowest BCUT2D eigenvalue weighted by Crippen LogP contribution is -2.33. The summed E-state index contributed by atoms with van der Waals surface area (Å²) in [4.78, 5) is 0. The van der Waals surface area contributed by atoms with Gasteiger partial charge in [0.25, 0.3) is 0 Å². The number of hydrogen-bond donors (Lipinski definition) is 1. The maximum Gasteiger partial charge on any atom is 0.0704 e. The molecule has 1 aliphatic rings. The van der Waals surface area contributed by atoms with Crippen molar-refractivity contribution < 1.29 is 42.6 Å². The Hall–Kier alpha value is -0.400. The van der Waals surface area contributed by atoms with Crippen molar-refractivity contribution in [3.05, 3.63) is 0 Å². The van der Waals surface area contributed by atoms with Crippen LogP contribution < -0.4 is 5.32 Å². The van der Waals surface area contributed by atoms with Crippen LogP contribution >= 0.6 is 0 Å². The van der Waals surface area contributed by atoms with Crippen LogP contribution in [0.15, 0.2) is 0 Å². The third kappa shape index (κ3) is 21.4. The van der Waals surface area contributed by atoms with E-state index in [0.717, 1.165) is 25.9 Å². The first kappa shape index (κ1) is 29.6. The molecule has 1 fully saturated rings. The minimum atomic E-state index is 0.381. The van der Waals surface area contributed by atoms with Crippen molar-refractivity contribution in [2.24, 2.45) is 0 Å². The maximum absolute atomic E-state index is 5.77. The predicted molar refractivity (Wildman–Crippen MR) is 119 cm³/mol. The highest BCUT2D eigenvalue weighted by molar-refractivity contribution is 4.67. The Morgan fingerprint density at radius 1 is 0.469 bits per heavy atom. The molecule has 0 unspecified atom stereocenters. The fourth-order valence-electron chi connectivity index (χ4n) is 2.80. The van der Waals surface area contributed by atoms with Gasteiger partial charge in [0.2, 0.25) is 0 Å². The lowest BCUT2D eigenvalue weighted by Gasteiger charge is -2.22. The Morgan fingerprint density at radius 3 is 1.12 bits per heavy atom. The average Bonchev–Trinajstić information content (AvgIpc) is 2.82. The van der Waals surface area contributed by atoms with Gasteiger partial charge >= 0.3 is 0 Å². The van der Waals surface area contributed by atoms with Crippen molar-refractivity contribution in [1.82, 2.24) is 5.32 Å². The Balaban J connectivity index is 1.62. The number of ether oxygens (including phenoxy) is 9. The van der Waals surface area contributed by atoms with Crippen LogP contribution in [0.1, 0.15) is 12.8 Å². The van der Waals surface area contributed by atoms with Crippen molar-refractivity contribution in [3.8, 4) is 0 Å². The standard InChI is InChI=1S/C22H45NO9/c1-24-6-7-25-8-9-26-10-11-27-12-13-28-14-15-29-16-17-30-18-19-31-20-21-32-22-2-4-23-5-3-22/h22-23H,2-21H2,1H3. The van der Waals surface area contributed by atoms with E-state index < -0.39 is 0 Å². The highest BCUT2D eigenvalue weighted by Gasteiger charge is 2.12. The van der Waals surface area contributed by atoms with Gasteiger partial charge in [0.15, 0.2) is 0 Å². The zero-order chi connectivity index (χ0) is 22.8. The van der Waals surface area contributed by atoms with Crippen LogP contribution in [0.2, 0.25) is 0 Å². The van der Waals surface area contributed by atoms with Crippen LogP contribution in [0.25, 0.3) is 0 Å². The molecule has 10 nitrogen and oxygen atoms in total. The van der Waals surface area contributed by atoms with E-state index >= 15 is 0 Å². The predicted octanol–water partition coefficient (Wildman–Crippen LogP) is 0.518. The molecule has 0 amide bonds. The summed E-state index contributed by atoms with van der Waals surface area (Å²) < 4.78 is 48.6. The summed E-state index contributed by atoms with van der Waals surface area (Å²) >= 11 is 0. The number of hydrogen-bond acceptors (Lipinski definition) is 10. The molecule has 1 rings (SSSR count). The number of rotatable bonds is 25. The lowest BCUT2D eigenvalue weighted by molar-refractivity contribution is -0.0316. The highest BCUT2D eigenvalue weighted by Crippen LogP contribution is 2.06. The number of piperidine rings is 1. The smallest absolute Gasteiger partial charge is 0.0704 e. The SMILES string of the molecule is COCCOCCOCCOCCOCCOCCOCCOCCOC1CCNCC1. The zero-order valence-electron chi connectivity index (χ0n) is 19.9. The molecule has 1 N–H and O–H groups in total. The maximum atomic E-state index is 5.77. The summed E-state index contributed by atoms with van der Waals surface area (Å²) in [6.07, 6.45) is 2.56. The van der Waals surface area contributed by atoms with E-state index in [0.29, 0.717) is 112 Å². The van der Waals surface area contributed by atoms with Crippen molar-refractivity contribution in [3.63, 3.8) is 0 Å². The van der Waals surface area contributed by atoms with E-state index in [1.807, 2.05) is 0 Å². The summed E-state index contributed by atoms with van der Waals surface area (Å²) in [6.45, 7) is 11.2. The molecule has 10 heteroatoms. The average molecular weight is 468 g/mol. The molecule has 1 heterocycles. The van der Waals surface area contributed by atoms with Gasteiger partial charge in [-0.05, 0) is 25.9 Å². The van der Waals surface area contributed by atoms with E-state index in [9.17, 15) is 0 Å². The summed E-state index contributed by atoms with van der Waals surface area (Å²) in [5, 5.41) is 3.32. The van der Waals surface area contributed by atoms with E-state index in [4.69, 9.17) is 42.6 Å². The molecule has 0 radical (unpaired) electrons. The fraction of sp³-hybridized carbons (Fsp3) is 1.00. The number of nitrogens with one attached hydrogen (secondary N) is 1. The van der Waals surface area contributed by atoms with Gasteiger partial charge in [0.1, 0.15) is 0 Å². The number of methoxy groups -OCH3 is 1. The molecule has 0 atom stereocenters. The molecule has 0 saturated carbocycles. The monoisotopic (exact) mass is 467 g/mol. The second kappa shape index (κ2) is 25.2. The summed E-state index contributed by atoms with van der Waals surface area (Å²) in [6, 6.07) is 0. The molecule has 0 aromatic rings. The second-order valence-corrected chi connectivity index (χ2v) is 7.10. The summed E-state index contributed by atoms with van der Waals surface area (Å²) in [5.41, 5.74) is 0. The third-order valence-corrected chi connectivity index (χ3v) is 4.53. The van der Waals surface area contributed by atoms with Crippen molar-refractivity contribution in [1.29, 1.82) is 0 Å². The molecule has 0 bridgehead atoms. The van der Waals surface area contributed by atoms with Crippen LogP contribution in [0.4, 0.5) is 0 Å². The third-order valence-electron chi connectivity index (χ3n) is 4.53. The quantitative estimate of drug-likeness (QED) is 0.191. The van der Waals surface area contributed by atoms with Gasteiger partial charge in [-0.1, -0.05) is 0 Å². The van der Waals surface area contributed by atoms with Crippen LogP contribution in [0, 0.1) is 0 Å². The largest absolute Gasteiger partial charge is 0.382 e. The molecular formula is C22H45NO9. The zero-order valence-corrected chi connectivity index (χ0v) is 19.9. The van der Waals surface area contributed by atoms with Gasteiger partial charge in [0.05, 0.1) is 112 Å². The molecule has 0 spiro atoms. The molecule has 0 aliphatic carbocycles. The Morgan fingerprint density at radius 2 is 0.781 bits per heavy atom. The molecule has 0 aromatic heterocycles. The molecule has 1 aliphatic heterocycles. The van der Waals surface area contributed by atoms with Crippen LogP contribution in [0.3, 0.4) is 0 Å². The summed E-state index contributed by atoms with van der Waals surface area (Å²) in [7, 11) is 1.65. The van der Waals surface area contributed by atoms with Crippen molar-refractivity contribution in [2.75, 3.05) is 126 Å². The van der Waals surface area contributed by atoms with E-state index in [1.165, 1.54) is 0 Å². The second-order valence-electron chi connectivity index (χ2n) is 7.10. The molecule has 1 saturated heterocycles. The van der Waals surface area contributed by atoms with Gasteiger partial charge in [-0.25, -0.2) is 0 Å². The van der Waals surface area contributed by atoms with Crippen LogP contribution in [-0.2, 0) is 42.6 Å². The van der Waals surface area contributed by atoms with E-state index in [1.54, 1.807) is 7.11 Å². The van der Waals surface area contributed by atoms with E-state index in [-0.39, 0.29) is 0 Å². The fourth-order valence-corrected chi connectivity index (χ4v) is 2.80. The Bertz CT molecular complexity index is 360. The van der Waals surface area contributed by atoms with Gasteiger partial charge in [-0.15, -0.1) is 0 Å². The molecule has 192 valence electrons. The Kier molecular flexibility index (Phi) is 23.4. The normalized spacial score (nSPS) is 14.9. The van der Waals surface area contributed by atoms with Gasteiger partial charge < -0.3 is 47.9 Å². The first-order valence-corrected chi connectivity index (χ1v) is 11.8. The first-order valence-electron chi connectivity index (χ1n) is 11.8. The Labute approximate surface area is 193 Å². The van der Waals surface area contributed by atoms with Crippen molar-refractivity contribution >= 4 is 0 Å². The molecular weight excluding hydrogens is 422 g/mol. The van der Waals surface area contributed by atoms with E-state index in [2.05, 4.69) is 5.32 Å². The van der Waals surface area contributed by atoms with Gasteiger partial charge in [-0.3, -0.25) is 0 Å². The van der Waals surface area contributed by atoms with Crippen molar-refractivity contribution in [2.45, 2.75) is 18.9 Å². The summed E-state index contributed by atoms with van der Waals surface area (Å²) in [5.74, 6) is 0. The highest BCUT2D eigenvalue weighted by atomic mass is 16.6. The molecule has 0 aromatic carbocycles. The van der Waals surface area contributed by atoms with Crippen LogP contribution in [-0.4, -0.2) is 132 Å².